The van der Waals surface area contributed by atoms with Crippen LogP contribution in [0.25, 0.3) is 0 Å². The number of unbranched alkanes of at least 4 members (excludes halogenated alkanes) is 3. The van der Waals surface area contributed by atoms with Gasteiger partial charge < -0.3 is 20.1 Å². The van der Waals surface area contributed by atoms with Gasteiger partial charge in [-0.1, -0.05) is 55.7 Å². The molecule has 0 spiro atoms. The van der Waals surface area contributed by atoms with Gasteiger partial charge in [-0.05, 0) is 76.3 Å². The lowest BCUT2D eigenvalue weighted by molar-refractivity contribution is -0.129. The molecular formula is C26H40O4. The zero-order valence-corrected chi connectivity index (χ0v) is 18.7. The van der Waals surface area contributed by atoms with E-state index >= 15 is 0 Å². The first-order valence-corrected chi connectivity index (χ1v) is 11.7. The van der Waals surface area contributed by atoms with Crippen LogP contribution in [-0.4, -0.2) is 39.9 Å². The summed E-state index contributed by atoms with van der Waals surface area (Å²) in [5.74, 6) is 6.78. The smallest absolute Gasteiger partial charge is 0.154 e. The molecular weight excluding hydrogens is 376 g/mol. The van der Waals surface area contributed by atoms with E-state index in [1.807, 2.05) is 44.2 Å². The number of ether oxygens (including phenoxy) is 1. The summed E-state index contributed by atoms with van der Waals surface area (Å²) in [6.45, 7) is 3.87. The quantitative estimate of drug-likeness (QED) is 0.263. The summed E-state index contributed by atoms with van der Waals surface area (Å²) in [5.41, 5.74) is 0.915. The highest BCUT2D eigenvalue weighted by Gasteiger charge is 2.34. The van der Waals surface area contributed by atoms with Crippen LogP contribution in [0.15, 0.2) is 30.3 Å². The van der Waals surface area contributed by atoms with Crippen LogP contribution in [0.4, 0.5) is 0 Å². The average Bonchev–Trinajstić information content (AvgIpc) is 3.07. The molecule has 0 radical (unpaired) electrons. The second-order valence-corrected chi connectivity index (χ2v) is 8.93. The van der Waals surface area contributed by atoms with E-state index in [1.54, 1.807) is 0 Å². The lowest BCUT2D eigenvalue weighted by atomic mass is 9.85. The van der Waals surface area contributed by atoms with Crippen LogP contribution in [0, 0.1) is 23.7 Å². The number of aliphatic hydroxyl groups excluding tert-OH is 3. The Morgan fingerprint density at radius 3 is 2.43 bits per heavy atom. The van der Waals surface area contributed by atoms with Crippen LogP contribution in [0.5, 0.6) is 0 Å². The molecule has 1 aliphatic rings. The van der Waals surface area contributed by atoms with Gasteiger partial charge in [0, 0.05) is 5.56 Å². The van der Waals surface area contributed by atoms with E-state index in [2.05, 4.69) is 11.8 Å². The third kappa shape index (κ3) is 9.62. The highest BCUT2D eigenvalue weighted by atomic mass is 16.6. The predicted molar refractivity (Wildman–Crippen MR) is 121 cm³/mol. The Morgan fingerprint density at radius 2 is 1.70 bits per heavy atom. The topological polar surface area (TPSA) is 69.9 Å². The molecule has 0 bridgehead atoms. The Labute approximate surface area is 182 Å². The minimum Gasteiger partial charge on any atom is -0.393 e. The van der Waals surface area contributed by atoms with E-state index in [4.69, 9.17) is 4.74 Å². The molecule has 4 heteroatoms. The van der Waals surface area contributed by atoms with E-state index in [0.29, 0.717) is 18.8 Å². The zero-order chi connectivity index (χ0) is 21.8. The lowest BCUT2D eigenvalue weighted by Crippen LogP contribution is -2.21. The van der Waals surface area contributed by atoms with Gasteiger partial charge in [0.05, 0.1) is 12.2 Å². The SMILES string of the molecule is CC(C)OC(O)CCCCCC[C@H]1CC[C@@H](O)C1CCC(O)C#Cc1ccccc1. The van der Waals surface area contributed by atoms with Gasteiger partial charge >= 0.3 is 0 Å². The highest BCUT2D eigenvalue weighted by Crippen LogP contribution is 2.38. The van der Waals surface area contributed by atoms with Crippen LogP contribution in [0.3, 0.4) is 0 Å². The Hall–Kier alpha value is -1.38. The second kappa shape index (κ2) is 13.8. The van der Waals surface area contributed by atoms with Gasteiger partial charge in [0.1, 0.15) is 6.10 Å². The minimum atomic E-state index is -0.643. The van der Waals surface area contributed by atoms with E-state index in [-0.39, 0.29) is 18.1 Å². The van der Waals surface area contributed by atoms with Crippen LogP contribution >= 0.6 is 0 Å². The van der Waals surface area contributed by atoms with Gasteiger partial charge in [-0.3, -0.25) is 0 Å². The number of hydrogen-bond acceptors (Lipinski definition) is 4. The molecule has 1 aliphatic carbocycles. The molecule has 1 aromatic rings. The molecule has 1 saturated carbocycles. The van der Waals surface area contributed by atoms with Crippen molar-refractivity contribution in [3.63, 3.8) is 0 Å². The Morgan fingerprint density at radius 1 is 0.967 bits per heavy atom. The maximum Gasteiger partial charge on any atom is 0.154 e. The summed E-state index contributed by atoms with van der Waals surface area (Å²) in [6.07, 6.45) is 8.17. The van der Waals surface area contributed by atoms with Gasteiger partial charge in [-0.15, -0.1) is 0 Å². The first-order valence-electron chi connectivity index (χ1n) is 11.7. The number of hydrogen-bond donors (Lipinski definition) is 3. The Balaban J connectivity index is 1.64. The molecule has 0 aliphatic heterocycles. The Kier molecular flexibility index (Phi) is 11.5. The number of rotatable bonds is 12. The maximum atomic E-state index is 10.4. The largest absolute Gasteiger partial charge is 0.393 e. The van der Waals surface area contributed by atoms with Gasteiger partial charge in [-0.25, -0.2) is 0 Å². The first-order chi connectivity index (χ1) is 14.5. The van der Waals surface area contributed by atoms with Crippen molar-refractivity contribution < 1.29 is 20.1 Å². The van der Waals surface area contributed by atoms with E-state index < -0.39 is 12.4 Å². The van der Waals surface area contributed by atoms with E-state index in [1.165, 1.54) is 0 Å². The molecule has 0 amide bonds. The van der Waals surface area contributed by atoms with Gasteiger partial charge in [0.15, 0.2) is 6.29 Å². The average molecular weight is 417 g/mol. The lowest BCUT2D eigenvalue weighted by Gasteiger charge is -2.22. The molecule has 2 rings (SSSR count). The van der Waals surface area contributed by atoms with Crippen molar-refractivity contribution >= 4 is 0 Å². The summed E-state index contributed by atoms with van der Waals surface area (Å²) in [6, 6.07) is 9.71. The third-order valence-corrected chi connectivity index (χ3v) is 6.07. The van der Waals surface area contributed by atoms with Crippen molar-refractivity contribution in [3.8, 4) is 11.8 Å². The summed E-state index contributed by atoms with van der Waals surface area (Å²) in [5, 5.41) is 30.4. The molecule has 0 heterocycles. The van der Waals surface area contributed by atoms with Gasteiger partial charge in [0.25, 0.3) is 0 Å². The first kappa shape index (κ1) is 24.9. The summed E-state index contributed by atoms with van der Waals surface area (Å²) < 4.78 is 5.35. The number of benzene rings is 1. The molecule has 3 N–H and O–H groups in total. The van der Waals surface area contributed by atoms with Crippen molar-refractivity contribution in [3.05, 3.63) is 35.9 Å². The summed E-state index contributed by atoms with van der Waals surface area (Å²) >= 11 is 0. The molecule has 0 saturated heterocycles. The van der Waals surface area contributed by atoms with Crippen molar-refractivity contribution in [1.29, 1.82) is 0 Å². The van der Waals surface area contributed by atoms with Crippen molar-refractivity contribution in [1.82, 2.24) is 0 Å². The fourth-order valence-corrected chi connectivity index (χ4v) is 4.49. The molecule has 5 atom stereocenters. The van der Waals surface area contributed by atoms with Crippen LogP contribution in [0.1, 0.15) is 83.6 Å². The highest BCUT2D eigenvalue weighted by molar-refractivity contribution is 5.34. The van der Waals surface area contributed by atoms with Gasteiger partial charge in [-0.2, -0.15) is 0 Å². The van der Waals surface area contributed by atoms with Gasteiger partial charge in [0.2, 0.25) is 0 Å². The van der Waals surface area contributed by atoms with Crippen molar-refractivity contribution in [2.75, 3.05) is 0 Å². The predicted octanol–water partition coefficient (Wildman–Crippen LogP) is 4.65. The van der Waals surface area contributed by atoms with E-state index in [0.717, 1.165) is 56.9 Å². The number of aliphatic hydroxyl groups is 3. The van der Waals surface area contributed by atoms with E-state index in [9.17, 15) is 15.3 Å². The monoisotopic (exact) mass is 416 g/mol. The van der Waals surface area contributed by atoms with Crippen molar-refractivity contribution in [2.24, 2.45) is 11.8 Å². The standard InChI is InChI=1S/C26H40O4/c1-20(2)30-26(29)13-9-4-3-8-12-22-15-19-25(28)24(22)18-17-23(27)16-14-21-10-6-5-7-11-21/h5-7,10-11,20,22-29H,3-4,8-9,12-13,15,17-19H2,1-2H3/t22-,23?,24?,25+,26?/m0/s1. The Bertz CT molecular complexity index is 633. The minimum absolute atomic E-state index is 0.0635. The zero-order valence-electron chi connectivity index (χ0n) is 18.7. The van der Waals surface area contributed by atoms with Crippen LogP contribution < -0.4 is 0 Å². The molecule has 3 unspecified atom stereocenters. The summed E-state index contributed by atoms with van der Waals surface area (Å²) in [7, 11) is 0. The fourth-order valence-electron chi connectivity index (χ4n) is 4.49. The molecule has 4 nitrogen and oxygen atoms in total. The third-order valence-electron chi connectivity index (χ3n) is 6.07. The fraction of sp³-hybridized carbons (Fsp3) is 0.692. The maximum absolute atomic E-state index is 10.4. The van der Waals surface area contributed by atoms with Crippen LogP contribution in [0.2, 0.25) is 0 Å². The summed E-state index contributed by atoms with van der Waals surface area (Å²) in [4.78, 5) is 0. The molecule has 30 heavy (non-hydrogen) atoms. The van der Waals surface area contributed by atoms with Crippen LogP contribution in [-0.2, 0) is 4.74 Å². The normalized spacial score (nSPS) is 23.2. The molecule has 0 aromatic heterocycles. The molecule has 1 aromatic carbocycles. The second-order valence-electron chi connectivity index (χ2n) is 8.93. The van der Waals surface area contributed by atoms with Crippen molar-refractivity contribution in [2.45, 2.75) is 103 Å². The molecule has 1 fully saturated rings. The molecule has 168 valence electrons.